The maximum absolute atomic E-state index is 12.3. The number of methoxy groups -OCH3 is 3. The lowest BCUT2D eigenvalue weighted by Crippen LogP contribution is -2.12. The molecule has 0 unspecified atom stereocenters. The average Bonchev–Trinajstić information content (AvgIpc) is 2.65. The summed E-state index contributed by atoms with van der Waals surface area (Å²) in [4.78, 5) is -0.126. The molecule has 0 amide bonds. The van der Waals surface area contributed by atoms with Gasteiger partial charge >= 0.3 is 0 Å². The Morgan fingerprint density at radius 3 is 1.86 bits per heavy atom. The van der Waals surface area contributed by atoms with E-state index in [1.54, 1.807) is 12.1 Å². The molecule has 28 heavy (non-hydrogen) atoms. The first-order valence-corrected chi connectivity index (χ1v) is 10.8. The van der Waals surface area contributed by atoms with Crippen LogP contribution in [-0.4, -0.2) is 38.2 Å². The Labute approximate surface area is 163 Å². The number of anilines is 1. The van der Waals surface area contributed by atoms with Crippen molar-refractivity contribution in [3.8, 4) is 17.2 Å². The van der Waals surface area contributed by atoms with Crippen LogP contribution in [0.3, 0.4) is 0 Å². The van der Waals surface area contributed by atoms with Gasteiger partial charge in [0.05, 0.1) is 37.2 Å². The second-order valence-electron chi connectivity index (χ2n) is 5.46. The fourth-order valence-corrected chi connectivity index (χ4v) is 3.63. The Hall–Kier alpha value is -2.76. The van der Waals surface area contributed by atoms with E-state index in [1.165, 1.54) is 51.7 Å². The molecule has 0 fully saturated rings. The van der Waals surface area contributed by atoms with E-state index in [0.29, 0.717) is 22.8 Å². The molecule has 9 nitrogen and oxygen atoms in total. The van der Waals surface area contributed by atoms with Crippen LogP contribution in [0, 0.1) is 0 Å². The molecule has 0 saturated carbocycles. The molecule has 0 aliphatic carbocycles. The molecule has 0 spiro atoms. The van der Waals surface area contributed by atoms with Gasteiger partial charge < -0.3 is 14.2 Å². The molecule has 2 aromatic rings. The molecule has 2 aromatic carbocycles. The summed E-state index contributed by atoms with van der Waals surface area (Å²) >= 11 is 0. The van der Waals surface area contributed by atoms with Crippen molar-refractivity contribution in [3.63, 3.8) is 0 Å². The van der Waals surface area contributed by atoms with Crippen molar-refractivity contribution in [2.45, 2.75) is 4.90 Å². The maximum Gasteiger partial charge on any atom is 0.255 e. The number of hydrogen-bond acceptors (Lipinski definition) is 7. The lowest BCUT2D eigenvalue weighted by Gasteiger charge is -2.12. The molecule has 0 atom stereocenters. The molecule has 0 saturated heterocycles. The summed E-state index contributed by atoms with van der Waals surface area (Å²) in [6, 6.07) is 8.17. The number of ether oxygens (including phenoxy) is 3. The number of nitrogens with one attached hydrogen (secondary N) is 1. The van der Waals surface area contributed by atoms with E-state index in [9.17, 15) is 16.8 Å². The molecule has 0 radical (unpaired) electrons. The third kappa shape index (κ3) is 5.38. The van der Waals surface area contributed by atoms with Crippen LogP contribution in [0.25, 0.3) is 6.08 Å². The standard InChI is InChI=1S/C17H20N2O7S2/c1-24-13-10-16(25-2)15(17(11-13)26-3)8-9-27(20,21)19-12-4-6-14(7-5-12)28(18,22)23/h4-11,19H,1-3H3,(H2,18,22,23). The van der Waals surface area contributed by atoms with Gasteiger partial charge in [-0.1, -0.05) is 0 Å². The number of benzene rings is 2. The van der Waals surface area contributed by atoms with Crippen LogP contribution >= 0.6 is 0 Å². The summed E-state index contributed by atoms with van der Waals surface area (Å²) < 4.78 is 65.1. The SMILES string of the molecule is COc1cc(OC)c(C=CS(=O)(=O)Nc2ccc(S(N)(=O)=O)cc2)c(OC)c1. The van der Waals surface area contributed by atoms with Crippen LogP contribution in [0.4, 0.5) is 5.69 Å². The van der Waals surface area contributed by atoms with Crippen molar-refractivity contribution in [3.05, 3.63) is 47.4 Å². The molecule has 3 N–H and O–H groups in total. The van der Waals surface area contributed by atoms with Gasteiger partial charge in [0.25, 0.3) is 10.0 Å². The number of hydrogen-bond donors (Lipinski definition) is 2. The molecule has 0 bridgehead atoms. The van der Waals surface area contributed by atoms with Gasteiger partial charge in [0, 0.05) is 17.8 Å². The topological polar surface area (TPSA) is 134 Å². The normalized spacial score (nSPS) is 12.0. The zero-order chi connectivity index (χ0) is 20.9. The summed E-state index contributed by atoms with van der Waals surface area (Å²) in [5, 5.41) is 5.95. The number of sulfonamides is 2. The molecule has 0 heterocycles. The van der Waals surface area contributed by atoms with Crippen molar-refractivity contribution in [2.24, 2.45) is 5.14 Å². The van der Waals surface area contributed by atoms with Crippen LogP contribution in [0.2, 0.25) is 0 Å². The van der Waals surface area contributed by atoms with Crippen molar-refractivity contribution >= 4 is 31.8 Å². The van der Waals surface area contributed by atoms with Gasteiger partial charge in [-0.05, 0) is 30.3 Å². The Morgan fingerprint density at radius 1 is 0.893 bits per heavy atom. The molecule has 0 aromatic heterocycles. The lowest BCUT2D eigenvalue weighted by atomic mass is 10.1. The van der Waals surface area contributed by atoms with Gasteiger partial charge in [-0.3, -0.25) is 4.72 Å². The summed E-state index contributed by atoms with van der Waals surface area (Å²) in [5.41, 5.74) is 0.575. The largest absolute Gasteiger partial charge is 0.496 e. The van der Waals surface area contributed by atoms with E-state index in [1.807, 2.05) is 0 Å². The van der Waals surface area contributed by atoms with Gasteiger partial charge in [0.15, 0.2) is 0 Å². The first-order valence-electron chi connectivity index (χ1n) is 7.73. The molecule has 0 aliphatic rings. The average molecular weight is 428 g/mol. The molecule has 11 heteroatoms. The van der Waals surface area contributed by atoms with Gasteiger partial charge in [-0.2, -0.15) is 0 Å². The Bertz CT molecular complexity index is 1050. The minimum atomic E-state index is -3.90. The molecule has 2 rings (SSSR count). The van der Waals surface area contributed by atoms with Crippen molar-refractivity contribution < 1.29 is 31.0 Å². The second kappa shape index (κ2) is 8.50. The summed E-state index contributed by atoms with van der Waals surface area (Å²) in [7, 11) is -3.40. The maximum atomic E-state index is 12.3. The smallest absolute Gasteiger partial charge is 0.255 e. The second-order valence-corrected chi connectivity index (χ2v) is 8.59. The van der Waals surface area contributed by atoms with Crippen LogP contribution in [-0.2, 0) is 20.0 Å². The minimum absolute atomic E-state index is 0.126. The molecule has 0 aliphatic heterocycles. The molecule has 152 valence electrons. The quantitative estimate of drug-likeness (QED) is 0.654. The van der Waals surface area contributed by atoms with E-state index < -0.39 is 20.0 Å². The van der Waals surface area contributed by atoms with Crippen LogP contribution in [0.5, 0.6) is 17.2 Å². The Balaban J connectivity index is 2.30. The van der Waals surface area contributed by atoms with Crippen LogP contribution in [0.1, 0.15) is 5.56 Å². The molecular weight excluding hydrogens is 408 g/mol. The minimum Gasteiger partial charge on any atom is -0.496 e. The van der Waals surface area contributed by atoms with Crippen molar-refractivity contribution in [1.82, 2.24) is 0 Å². The highest BCUT2D eigenvalue weighted by molar-refractivity contribution is 7.95. The third-order valence-electron chi connectivity index (χ3n) is 3.61. The predicted molar refractivity (Wildman–Crippen MR) is 105 cm³/mol. The Kier molecular flexibility index (Phi) is 6.54. The van der Waals surface area contributed by atoms with E-state index in [0.717, 1.165) is 5.41 Å². The molecular formula is C17H20N2O7S2. The van der Waals surface area contributed by atoms with Crippen LogP contribution < -0.4 is 24.1 Å². The zero-order valence-corrected chi connectivity index (χ0v) is 17.0. The summed E-state index contributed by atoms with van der Waals surface area (Å²) in [6.45, 7) is 0. The first kappa shape index (κ1) is 21.5. The van der Waals surface area contributed by atoms with E-state index in [4.69, 9.17) is 19.3 Å². The van der Waals surface area contributed by atoms with Gasteiger partial charge in [-0.15, -0.1) is 0 Å². The summed E-state index contributed by atoms with van der Waals surface area (Å²) in [5.74, 6) is 1.21. The number of nitrogens with two attached hydrogens (primary N) is 1. The first-order chi connectivity index (χ1) is 13.1. The fourth-order valence-electron chi connectivity index (χ4n) is 2.27. The predicted octanol–water partition coefficient (Wildman–Crippen LogP) is 1.77. The van der Waals surface area contributed by atoms with Crippen molar-refractivity contribution in [2.75, 3.05) is 26.1 Å². The van der Waals surface area contributed by atoms with E-state index in [2.05, 4.69) is 4.72 Å². The number of rotatable bonds is 8. The van der Waals surface area contributed by atoms with Crippen molar-refractivity contribution in [1.29, 1.82) is 0 Å². The number of primary sulfonamides is 1. The highest BCUT2D eigenvalue weighted by Crippen LogP contribution is 2.35. The highest BCUT2D eigenvalue weighted by atomic mass is 32.2. The van der Waals surface area contributed by atoms with E-state index in [-0.39, 0.29) is 10.6 Å². The van der Waals surface area contributed by atoms with Gasteiger partial charge in [0.1, 0.15) is 17.2 Å². The third-order valence-corrected chi connectivity index (χ3v) is 5.55. The lowest BCUT2D eigenvalue weighted by molar-refractivity contribution is 0.374. The van der Waals surface area contributed by atoms with Crippen LogP contribution in [0.15, 0.2) is 46.7 Å². The monoisotopic (exact) mass is 428 g/mol. The summed E-state index contributed by atoms with van der Waals surface area (Å²) in [6.07, 6.45) is 1.32. The zero-order valence-electron chi connectivity index (χ0n) is 15.4. The highest BCUT2D eigenvalue weighted by Gasteiger charge is 2.13. The fraction of sp³-hybridized carbons (Fsp3) is 0.176. The van der Waals surface area contributed by atoms with E-state index >= 15 is 0 Å². The van der Waals surface area contributed by atoms with Gasteiger partial charge in [-0.25, -0.2) is 22.0 Å². The van der Waals surface area contributed by atoms with Gasteiger partial charge in [0.2, 0.25) is 10.0 Å². The Morgan fingerprint density at radius 2 is 1.43 bits per heavy atom.